The number of aromatic nitrogens is 1. The Morgan fingerprint density at radius 3 is 2.94 bits per heavy atom. The predicted octanol–water partition coefficient (Wildman–Crippen LogP) is 0.615. The molecule has 0 spiro atoms. The molecule has 2 heterocycles. The van der Waals surface area contributed by atoms with Crippen molar-refractivity contribution in [1.29, 1.82) is 0 Å². The predicted molar refractivity (Wildman–Crippen MR) is 59.1 cm³/mol. The molecule has 0 aromatic carbocycles. The van der Waals surface area contributed by atoms with Gasteiger partial charge in [0.05, 0.1) is 12.2 Å². The number of carboxylic acid groups (broad SMARTS) is 1. The highest BCUT2D eigenvalue weighted by Crippen LogP contribution is 2.20. The summed E-state index contributed by atoms with van der Waals surface area (Å²) in [5, 5.41) is 9.74. The van der Waals surface area contributed by atoms with Gasteiger partial charge in [-0.15, -0.1) is 5.06 Å². The van der Waals surface area contributed by atoms with E-state index in [1.54, 1.807) is 6.92 Å². The lowest BCUT2D eigenvalue weighted by molar-refractivity contribution is -0.195. The maximum Gasteiger partial charge on any atom is 0.436 e. The summed E-state index contributed by atoms with van der Waals surface area (Å²) in [6.45, 7) is 2.51. The summed E-state index contributed by atoms with van der Waals surface area (Å²) in [4.78, 5) is 30.2. The van der Waals surface area contributed by atoms with E-state index in [9.17, 15) is 9.59 Å². The molecule has 0 amide bonds. The van der Waals surface area contributed by atoms with E-state index < -0.39 is 11.9 Å². The lowest BCUT2D eigenvalue weighted by Gasteiger charge is -2.23. The minimum absolute atomic E-state index is 0.263. The Bertz CT molecular complexity index is 505. The van der Waals surface area contributed by atoms with Crippen molar-refractivity contribution in [3.8, 4) is 0 Å². The van der Waals surface area contributed by atoms with Crippen LogP contribution in [0, 0.1) is 6.92 Å². The topological polar surface area (TPSA) is 92.9 Å². The number of carbonyl (C=O) groups is 2. The molecule has 18 heavy (non-hydrogen) atoms. The van der Waals surface area contributed by atoms with E-state index in [1.165, 1.54) is 11.3 Å². The Kier molecular flexibility index (Phi) is 3.42. The molecule has 1 aromatic rings. The zero-order valence-electron chi connectivity index (χ0n) is 9.75. The minimum atomic E-state index is -1.61. The highest BCUT2D eigenvalue weighted by atomic mass is 16.7. The van der Waals surface area contributed by atoms with Crippen LogP contribution < -0.4 is 0 Å². The van der Waals surface area contributed by atoms with Gasteiger partial charge in [-0.2, -0.15) is 0 Å². The summed E-state index contributed by atoms with van der Waals surface area (Å²) in [5.74, 6) is -2.44. The fourth-order valence-electron chi connectivity index (χ4n) is 1.61. The number of rotatable bonds is 2. The van der Waals surface area contributed by atoms with Crippen LogP contribution in [-0.4, -0.2) is 40.2 Å². The average Bonchev–Trinajstić information content (AvgIpc) is 2.76. The standard InChI is InChI=1S/C11H12N2O5/c1-7-6-17-9(12-7)8-3-2-4-13(5-8)18-11(16)10(14)15/h3,6H,2,4-5H2,1H3,(H,14,15). The molecule has 1 aliphatic rings. The third kappa shape index (κ3) is 2.75. The van der Waals surface area contributed by atoms with Crippen molar-refractivity contribution < 1.29 is 24.0 Å². The first-order chi connectivity index (χ1) is 8.56. The summed E-state index contributed by atoms with van der Waals surface area (Å²) in [6, 6.07) is 0. The molecule has 96 valence electrons. The molecule has 0 radical (unpaired) electrons. The zero-order valence-corrected chi connectivity index (χ0v) is 9.75. The van der Waals surface area contributed by atoms with Crippen LogP contribution in [0.2, 0.25) is 0 Å². The van der Waals surface area contributed by atoms with Gasteiger partial charge in [-0.25, -0.2) is 14.6 Å². The van der Waals surface area contributed by atoms with Crippen molar-refractivity contribution in [2.75, 3.05) is 13.1 Å². The van der Waals surface area contributed by atoms with Crippen molar-refractivity contribution in [3.63, 3.8) is 0 Å². The summed E-state index contributed by atoms with van der Waals surface area (Å²) in [7, 11) is 0. The molecule has 0 fully saturated rings. The van der Waals surface area contributed by atoms with Gasteiger partial charge in [0.15, 0.2) is 0 Å². The maximum atomic E-state index is 10.9. The molecule has 0 saturated heterocycles. The van der Waals surface area contributed by atoms with Gasteiger partial charge >= 0.3 is 11.9 Å². The first kappa shape index (κ1) is 12.3. The van der Waals surface area contributed by atoms with Crippen LogP contribution in [0.3, 0.4) is 0 Å². The number of carbonyl (C=O) groups excluding carboxylic acids is 1. The van der Waals surface area contributed by atoms with Gasteiger partial charge in [0.2, 0.25) is 5.89 Å². The number of oxazole rings is 1. The third-order valence-corrected chi connectivity index (χ3v) is 2.40. The summed E-state index contributed by atoms with van der Waals surface area (Å²) in [5.41, 5.74) is 1.53. The number of hydrogen-bond donors (Lipinski definition) is 1. The molecule has 1 aliphatic heterocycles. The Balaban J connectivity index is 2.02. The number of carboxylic acids is 1. The monoisotopic (exact) mass is 252 g/mol. The second kappa shape index (κ2) is 5.01. The molecule has 7 nitrogen and oxygen atoms in total. The Hall–Kier alpha value is -2.15. The number of aryl methyl sites for hydroxylation is 1. The molecule has 0 bridgehead atoms. The van der Waals surface area contributed by atoms with E-state index in [0.717, 1.165) is 11.3 Å². The van der Waals surface area contributed by atoms with Crippen LogP contribution in [0.5, 0.6) is 0 Å². The summed E-state index contributed by atoms with van der Waals surface area (Å²) in [6.07, 6.45) is 4.08. The van der Waals surface area contributed by atoms with Gasteiger partial charge in [-0.1, -0.05) is 6.08 Å². The van der Waals surface area contributed by atoms with Crippen LogP contribution in [0.25, 0.3) is 5.57 Å². The van der Waals surface area contributed by atoms with Crippen molar-refractivity contribution in [3.05, 3.63) is 23.9 Å². The molecular weight excluding hydrogens is 240 g/mol. The van der Waals surface area contributed by atoms with E-state index in [0.29, 0.717) is 18.9 Å². The van der Waals surface area contributed by atoms with E-state index in [1.807, 2.05) is 6.08 Å². The molecule has 0 unspecified atom stereocenters. The minimum Gasteiger partial charge on any atom is -0.473 e. The molecule has 1 N–H and O–H groups in total. The Labute approximate surface area is 103 Å². The molecule has 0 saturated carbocycles. The van der Waals surface area contributed by atoms with Crippen LogP contribution in [0.15, 0.2) is 16.8 Å². The number of aliphatic carboxylic acids is 1. The largest absolute Gasteiger partial charge is 0.473 e. The number of hydrogen-bond acceptors (Lipinski definition) is 6. The van der Waals surface area contributed by atoms with Crippen molar-refractivity contribution in [1.82, 2.24) is 10.0 Å². The van der Waals surface area contributed by atoms with Crippen molar-refractivity contribution >= 4 is 17.5 Å². The van der Waals surface area contributed by atoms with E-state index in [-0.39, 0.29) is 6.54 Å². The van der Waals surface area contributed by atoms with Crippen LogP contribution in [0.1, 0.15) is 18.0 Å². The van der Waals surface area contributed by atoms with Gasteiger partial charge in [0.25, 0.3) is 0 Å². The second-order valence-electron chi connectivity index (χ2n) is 3.86. The molecule has 0 atom stereocenters. The molecule has 7 heteroatoms. The van der Waals surface area contributed by atoms with Gasteiger partial charge in [-0.05, 0) is 13.3 Å². The molecule has 2 rings (SSSR count). The second-order valence-corrected chi connectivity index (χ2v) is 3.86. The first-order valence-corrected chi connectivity index (χ1v) is 5.38. The first-order valence-electron chi connectivity index (χ1n) is 5.38. The number of hydroxylamine groups is 2. The summed E-state index contributed by atoms with van der Waals surface area (Å²) >= 11 is 0. The highest BCUT2D eigenvalue weighted by Gasteiger charge is 2.23. The molecular formula is C11H12N2O5. The quantitative estimate of drug-likeness (QED) is 0.771. The van der Waals surface area contributed by atoms with Crippen LogP contribution in [-0.2, 0) is 14.4 Å². The van der Waals surface area contributed by atoms with E-state index in [2.05, 4.69) is 4.98 Å². The lowest BCUT2D eigenvalue weighted by Crippen LogP contribution is -2.34. The zero-order chi connectivity index (χ0) is 13.1. The average molecular weight is 252 g/mol. The molecule has 0 aliphatic carbocycles. The highest BCUT2D eigenvalue weighted by molar-refractivity contribution is 6.28. The molecule has 1 aromatic heterocycles. The Morgan fingerprint density at radius 2 is 2.33 bits per heavy atom. The van der Waals surface area contributed by atoms with Gasteiger partial charge in [0.1, 0.15) is 6.26 Å². The van der Waals surface area contributed by atoms with E-state index in [4.69, 9.17) is 14.4 Å². The van der Waals surface area contributed by atoms with Crippen LogP contribution in [0.4, 0.5) is 0 Å². The van der Waals surface area contributed by atoms with Gasteiger partial charge in [0, 0.05) is 12.1 Å². The van der Waals surface area contributed by atoms with Crippen LogP contribution >= 0.6 is 0 Å². The summed E-state index contributed by atoms with van der Waals surface area (Å²) < 4.78 is 5.24. The third-order valence-electron chi connectivity index (χ3n) is 2.40. The van der Waals surface area contributed by atoms with E-state index >= 15 is 0 Å². The van der Waals surface area contributed by atoms with Gasteiger partial charge in [-0.3, -0.25) is 0 Å². The van der Waals surface area contributed by atoms with Gasteiger partial charge < -0.3 is 14.4 Å². The van der Waals surface area contributed by atoms with Crippen molar-refractivity contribution in [2.24, 2.45) is 0 Å². The fraction of sp³-hybridized carbons (Fsp3) is 0.364. The normalized spacial score (nSPS) is 16.2. The smallest absolute Gasteiger partial charge is 0.436 e. The fourth-order valence-corrected chi connectivity index (χ4v) is 1.61. The lowest BCUT2D eigenvalue weighted by atomic mass is 10.1. The Morgan fingerprint density at radius 1 is 1.56 bits per heavy atom. The SMILES string of the molecule is Cc1coc(C2=CCCN(OC(=O)C(=O)O)C2)n1. The van der Waals surface area contributed by atoms with Crippen molar-refractivity contribution in [2.45, 2.75) is 13.3 Å². The maximum absolute atomic E-state index is 10.9. The number of nitrogens with zero attached hydrogens (tertiary/aromatic N) is 2.